The summed E-state index contributed by atoms with van der Waals surface area (Å²) in [6.07, 6.45) is 3.67. The number of thiophene rings is 1. The number of nitrogens with zero attached hydrogens (tertiary/aromatic N) is 2. The topological polar surface area (TPSA) is 71.0 Å². The van der Waals surface area contributed by atoms with E-state index in [4.69, 9.17) is 16.3 Å². The summed E-state index contributed by atoms with van der Waals surface area (Å²) in [5.41, 5.74) is 0.882. The van der Waals surface area contributed by atoms with Gasteiger partial charge in [-0.15, -0.1) is 11.3 Å². The number of hydrogen-bond acceptors (Lipinski definition) is 6. The average Bonchev–Trinajstić information content (AvgIpc) is 3.35. The van der Waals surface area contributed by atoms with Gasteiger partial charge in [-0.2, -0.15) is 0 Å². The quantitative estimate of drug-likeness (QED) is 0.531. The van der Waals surface area contributed by atoms with Gasteiger partial charge in [0, 0.05) is 10.9 Å². The largest absolute Gasteiger partial charge is 0.495 e. The number of thioether (sulfide) groups is 1. The maximum Gasteiger partial charge on any atom is 0.283 e. The van der Waals surface area contributed by atoms with Crippen LogP contribution in [0.1, 0.15) is 31.6 Å². The Morgan fingerprint density at radius 3 is 2.87 bits per heavy atom. The number of amidine groups is 1. The van der Waals surface area contributed by atoms with Crippen LogP contribution in [0.15, 0.2) is 46.4 Å². The number of rotatable bonds is 8. The van der Waals surface area contributed by atoms with Crippen LogP contribution in [0.2, 0.25) is 5.02 Å². The molecular weight excluding hydrogens is 454 g/mol. The number of benzene rings is 1. The fourth-order valence-corrected chi connectivity index (χ4v) is 4.80. The molecule has 0 fully saturated rings. The molecular formula is C22H24ClN3O3S2. The number of carbonyl (C=O) groups is 2. The third-order valence-electron chi connectivity index (χ3n) is 4.51. The van der Waals surface area contributed by atoms with Crippen molar-refractivity contribution >= 4 is 63.4 Å². The summed E-state index contributed by atoms with van der Waals surface area (Å²) in [6.45, 7) is 4.06. The molecule has 0 aliphatic carbocycles. The lowest BCUT2D eigenvalue weighted by molar-refractivity contribution is -0.119. The molecule has 1 N–H and O–H groups in total. The van der Waals surface area contributed by atoms with Crippen LogP contribution in [0.25, 0.3) is 6.08 Å². The standard InChI is InChI=1S/C22H24ClN3O3S2/c1-4-6-14(2)24-20(27)13-31-22-25-18(12-16-7-5-10-30-16)21(28)26(22)15-8-9-19(29-3)17(23)11-15/h5,7-12,14H,4,6,13H2,1-3H3,(H,24,27)/b18-12-. The molecule has 0 radical (unpaired) electrons. The first-order valence-corrected chi connectivity index (χ1v) is 12.1. The van der Waals surface area contributed by atoms with Gasteiger partial charge in [0.2, 0.25) is 5.91 Å². The average molecular weight is 478 g/mol. The Kier molecular flexibility index (Phi) is 8.17. The highest BCUT2D eigenvalue weighted by molar-refractivity contribution is 8.14. The van der Waals surface area contributed by atoms with Crippen molar-refractivity contribution in [2.45, 2.75) is 32.7 Å². The molecule has 2 heterocycles. The molecule has 2 amide bonds. The van der Waals surface area contributed by atoms with Gasteiger partial charge in [-0.1, -0.05) is 42.8 Å². The summed E-state index contributed by atoms with van der Waals surface area (Å²) in [7, 11) is 1.53. The van der Waals surface area contributed by atoms with Crippen LogP contribution in [0.3, 0.4) is 0 Å². The van der Waals surface area contributed by atoms with E-state index in [0.717, 1.165) is 17.7 Å². The Morgan fingerprint density at radius 1 is 1.42 bits per heavy atom. The predicted molar refractivity (Wildman–Crippen MR) is 130 cm³/mol. The van der Waals surface area contributed by atoms with Crippen LogP contribution in [-0.4, -0.2) is 35.9 Å². The van der Waals surface area contributed by atoms with Crippen molar-refractivity contribution in [2.75, 3.05) is 17.8 Å². The lowest BCUT2D eigenvalue weighted by Gasteiger charge is -2.19. The van der Waals surface area contributed by atoms with Gasteiger partial charge in [0.1, 0.15) is 11.4 Å². The predicted octanol–water partition coefficient (Wildman–Crippen LogP) is 5.19. The molecule has 1 aromatic carbocycles. The van der Waals surface area contributed by atoms with E-state index in [1.54, 1.807) is 24.3 Å². The Hall–Kier alpha value is -2.29. The summed E-state index contributed by atoms with van der Waals surface area (Å²) in [5, 5.41) is 5.74. The zero-order chi connectivity index (χ0) is 22.4. The van der Waals surface area contributed by atoms with Crippen LogP contribution < -0.4 is 15.0 Å². The molecule has 3 rings (SSSR count). The maximum atomic E-state index is 13.2. The number of aliphatic imine (C=N–C) groups is 1. The molecule has 2 aromatic rings. The van der Waals surface area contributed by atoms with Crippen molar-refractivity contribution in [1.29, 1.82) is 0 Å². The van der Waals surface area contributed by atoms with Gasteiger partial charge in [-0.3, -0.25) is 14.5 Å². The highest BCUT2D eigenvalue weighted by Crippen LogP contribution is 2.34. The van der Waals surface area contributed by atoms with E-state index in [9.17, 15) is 9.59 Å². The number of amides is 2. The normalized spacial score (nSPS) is 15.9. The van der Waals surface area contributed by atoms with Gasteiger partial charge in [-0.25, -0.2) is 4.99 Å². The third-order valence-corrected chi connectivity index (χ3v) is 6.56. The Morgan fingerprint density at radius 2 is 2.23 bits per heavy atom. The molecule has 0 spiro atoms. The van der Waals surface area contributed by atoms with Crippen molar-refractivity contribution in [3.63, 3.8) is 0 Å². The first kappa shape index (κ1) is 23.4. The van der Waals surface area contributed by atoms with Crippen LogP contribution in [0, 0.1) is 0 Å². The van der Waals surface area contributed by atoms with Crippen molar-refractivity contribution in [2.24, 2.45) is 4.99 Å². The van der Waals surface area contributed by atoms with Crippen molar-refractivity contribution in [3.8, 4) is 5.75 Å². The number of nitrogens with one attached hydrogen (secondary N) is 1. The van der Waals surface area contributed by atoms with Gasteiger partial charge >= 0.3 is 0 Å². The fraction of sp³-hybridized carbons (Fsp3) is 0.318. The zero-order valence-electron chi connectivity index (χ0n) is 17.6. The first-order chi connectivity index (χ1) is 14.9. The minimum absolute atomic E-state index is 0.0931. The lowest BCUT2D eigenvalue weighted by Crippen LogP contribution is -2.35. The number of halogens is 1. The zero-order valence-corrected chi connectivity index (χ0v) is 19.9. The van der Waals surface area contributed by atoms with E-state index in [1.807, 2.05) is 24.4 Å². The molecule has 9 heteroatoms. The molecule has 1 unspecified atom stereocenters. The van der Waals surface area contributed by atoms with Crippen LogP contribution in [-0.2, 0) is 9.59 Å². The summed E-state index contributed by atoms with van der Waals surface area (Å²) in [6, 6.07) is 9.05. The summed E-state index contributed by atoms with van der Waals surface area (Å²) < 4.78 is 5.21. The van der Waals surface area contributed by atoms with Crippen LogP contribution in [0.5, 0.6) is 5.75 Å². The SMILES string of the molecule is CCCC(C)NC(=O)CSC1=N/C(=C\c2cccs2)C(=O)N1c1ccc(OC)c(Cl)c1. The molecule has 31 heavy (non-hydrogen) atoms. The molecule has 1 atom stereocenters. The second kappa shape index (κ2) is 10.8. The summed E-state index contributed by atoms with van der Waals surface area (Å²) in [5.74, 6) is 0.315. The smallest absolute Gasteiger partial charge is 0.283 e. The van der Waals surface area contributed by atoms with E-state index in [-0.39, 0.29) is 23.6 Å². The van der Waals surface area contributed by atoms with E-state index < -0.39 is 0 Å². The monoisotopic (exact) mass is 477 g/mol. The lowest BCUT2D eigenvalue weighted by atomic mass is 10.2. The highest BCUT2D eigenvalue weighted by Gasteiger charge is 2.33. The molecule has 6 nitrogen and oxygen atoms in total. The molecule has 0 saturated carbocycles. The van der Waals surface area contributed by atoms with Gasteiger partial charge < -0.3 is 10.1 Å². The highest BCUT2D eigenvalue weighted by atomic mass is 35.5. The summed E-state index contributed by atoms with van der Waals surface area (Å²) >= 11 is 9.03. The molecule has 0 bridgehead atoms. The van der Waals surface area contributed by atoms with Gasteiger partial charge in [0.15, 0.2) is 5.17 Å². The number of anilines is 1. The van der Waals surface area contributed by atoms with E-state index >= 15 is 0 Å². The molecule has 1 aliphatic heterocycles. The Labute approximate surface area is 195 Å². The molecule has 1 aliphatic rings. The van der Waals surface area contributed by atoms with Crippen LogP contribution in [0.4, 0.5) is 5.69 Å². The minimum atomic E-state index is -0.267. The van der Waals surface area contributed by atoms with Gasteiger partial charge in [-0.05, 0) is 49.1 Å². The third kappa shape index (κ3) is 5.90. The number of methoxy groups -OCH3 is 1. The number of hydrogen-bond donors (Lipinski definition) is 1. The number of carbonyl (C=O) groups excluding carboxylic acids is 2. The second-order valence-electron chi connectivity index (χ2n) is 6.94. The molecule has 164 valence electrons. The van der Waals surface area contributed by atoms with Crippen molar-refractivity contribution in [1.82, 2.24) is 5.32 Å². The van der Waals surface area contributed by atoms with E-state index in [1.165, 1.54) is 35.1 Å². The van der Waals surface area contributed by atoms with Crippen molar-refractivity contribution in [3.05, 3.63) is 51.3 Å². The summed E-state index contributed by atoms with van der Waals surface area (Å²) in [4.78, 5) is 32.5. The Balaban J connectivity index is 1.84. The van der Waals surface area contributed by atoms with Gasteiger partial charge in [0.25, 0.3) is 5.91 Å². The molecule has 0 saturated heterocycles. The van der Waals surface area contributed by atoms with Crippen LogP contribution >= 0.6 is 34.7 Å². The maximum absolute atomic E-state index is 13.2. The molecule has 1 aromatic heterocycles. The van der Waals surface area contributed by atoms with Crippen molar-refractivity contribution < 1.29 is 14.3 Å². The van der Waals surface area contributed by atoms with Gasteiger partial charge in [0.05, 0.1) is 23.6 Å². The fourth-order valence-electron chi connectivity index (χ4n) is 3.08. The van der Waals surface area contributed by atoms with E-state index in [2.05, 4.69) is 17.2 Å². The number of ether oxygens (including phenoxy) is 1. The van der Waals surface area contributed by atoms with E-state index in [0.29, 0.717) is 27.3 Å². The first-order valence-electron chi connectivity index (χ1n) is 9.87. The second-order valence-corrected chi connectivity index (χ2v) is 9.27. The minimum Gasteiger partial charge on any atom is -0.495 e. The Bertz CT molecular complexity index is 1010.